The predicted molar refractivity (Wildman–Crippen MR) is 114 cm³/mol. The maximum Gasteiger partial charge on any atom is 0.225 e. The number of nitrogens with one attached hydrogen (secondary N) is 3. The summed E-state index contributed by atoms with van der Waals surface area (Å²) in [6.07, 6.45) is 0. The van der Waals surface area contributed by atoms with Gasteiger partial charge in [0, 0.05) is 33.7 Å². The van der Waals surface area contributed by atoms with E-state index < -0.39 is 0 Å². The van der Waals surface area contributed by atoms with E-state index in [9.17, 15) is 0 Å². The van der Waals surface area contributed by atoms with Crippen LogP contribution in [0.1, 0.15) is 5.56 Å². The van der Waals surface area contributed by atoms with Crippen molar-refractivity contribution in [2.45, 2.75) is 6.54 Å². The minimum atomic E-state index is -0.0325. The summed E-state index contributed by atoms with van der Waals surface area (Å²) < 4.78 is 0. The van der Waals surface area contributed by atoms with Crippen molar-refractivity contribution >= 4 is 34.6 Å². The summed E-state index contributed by atoms with van der Waals surface area (Å²) in [5, 5.41) is 27.6. The van der Waals surface area contributed by atoms with E-state index in [1.807, 2.05) is 49.3 Å². The van der Waals surface area contributed by atoms with Crippen molar-refractivity contribution < 1.29 is 10.2 Å². The Kier molecular flexibility index (Phi) is 6.93. The Morgan fingerprint density at radius 2 is 1.41 bits per heavy atom. The van der Waals surface area contributed by atoms with Crippen molar-refractivity contribution in [3.8, 4) is 0 Å². The van der Waals surface area contributed by atoms with Gasteiger partial charge >= 0.3 is 0 Å². The van der Waals surface area contributed by atoms with E-state index >= 15 is 0 Å². The number of aliphatic hydroxyl groups excluding tert-OH is 2. The molecule has 0 saturated carbocycles. The molecule has 0 amide bonds. The van der Waals surface area contributed by atoms with Crippen LogP contribution in [0.3, 0.4) is 0 Å². The maximum atomic E-state index is 9.13. The molecule has 0 aliphatic rings. The second kappa shape index (κ2) is 9.80. The van der Waals surface area contributed by atoms with Crippen LogP contribution in [0, 0.1) is 0 Å². The topological polar surface area (TPSA) is 131 Å². The largest absolute Gasteiger partial charge is 0.395 e. The van der Waals surface area contributed by atoms with Crippen molar-refractivity contribution in [3.63, 3.8) is 0 Å². The molecule has 154 valence electrons. The van der Waals surface area contributed by atoms with E-state index in [0.717, 1.165) is 5.56 Å². The average Bonchev–Trinajstić information content (AvgIpc) is 2.74. The molecular weight excluding hydrogens is 372 g/mol. The Hall–Kier alpha value is -3.24. The molecule has 2 aromatic heterocycles. The Morgan fingerprint density at radius 1 is 0.793 bits per heavy atom. The molecule has 29 heavy (non-hydrogen) atoms. The zero-order chi connectivity index (χ0) is 20.6. The van der Waals surface area contributed by atoms with Gasteiger partial charge in [-0.2, -0.15) is 9.97 Å². The van der Waals surface area contributed by atoms with Crippen LogP contribution < -0.4 is 20.9 Å². The number of fused-ring (bicyclic) bond motifs is 1. The van der Waals surface area contributed by atoms with Crippen LogP contribution in [-0.2, 0) is 6.54 Å². The maximum absolute atomic E-state index is 9.13. The first-order valence-electron chi connectivity index (χ1n) is 9.36. The number of hydrogen-bond acceptors (Lipinski definition) is 10. The molecule has 0 bridgehead atoms. The third-order valence-electron chi connectivity index (χ3n) is 4.04. The molecule has 5 N–H and O–H groups in total. The van der Waals surface area contributed by atoms with Gasteiger partial charge in [0.05, 0.1) is 13.2 Å². The van der Waals surface area contributed by atoms with E-state index in [0.29, 0.717) is 54.2 Å². The number of hydrogen-bond donors (Lipinski definition) is 5. The quantitative estimate of drug-likeness (QED) is 0.336. The van der Waals surface area contributed by atoms with Gasteiger partial charge in [-0.05, 0) is 5.56 Å². The highest BCUT2D eigenvalue weighted by atomic mass is 16.3. The lowest BCUT2D eigenvalue weighted by Gasteiger charge is -2.18. The van der Waals surface area contributed by atoms with E-state index in [2.05, 4.69) is 35.9 Å². The first-order chi connectivity index (χ1) is 14.1. The summed E-state index contributed by atoms with van der Waals surface area (Å²) in [6.45, 7) is 1.17. The van der Waals surface area contributed by atoms with Crippen LogP contribution in [0.4, 0.5) is 23.5 Å². The van der Waals surface area contributed by atoms with Crippen molar-refractivity contribution in [2.24, 2.45) is 0 Å². The second-order valence-corrected chi connectivity index (χ2v) is 6.50. The van der Waals surface area contributed by atoms with Crippen LogP contribution in [-0.4, -0.2) is 70.5 Å². The number of anilines is 4. The van der Waals surface area contributed by atoms with Crippen molar-refractivity contribution in [1.29, 1.82) is 0 Å². The molecule has 0 radical (unpaired) electrons. The molecule has 0 atom stereocenters. The minimum Gasteiger partial charge on any atom is -0.395 e. The predicted octanol–water partition coefficient (Wildman–Crippen LogP) is 0.906. The molecule has 1 aromatic carbocycles. The summed E-state index contributed by atoms with van der Waals surface area (Å²) in [7, 11) is 3.75. The van der Waals surface area contributed by atoms with E-state index in [1.54, 1.807) is 0 Å². The van der Waals surface area contributed by atoms with Gasteiger partial charge in [0.1, 0.15) is 11.0 Å². The van der Waals surface area contributed by atoms with Crippen LogP contribution in [0.2, 0.25) is 0 Å². The lowest BCUT2D eigenvalue weighted by atomic mass is 10.2. The molecule has 0 fully saturated rings. The third kappa shape index (κ3) is 5.18. The van der Waals surface area contributed by atoms with Gasteiger partial charge in [0.2, 0.25) is 11.9 Å². The first-order valence-corrected chi connectivity index (χ1v) is 9.36. The highest BCUT2D eigenvalue weighted by molar-refractivity contribution is 5.94. The molecule has 0 aliphatic carbocycles. The molecular formula is C19H26N8O2. The van der Waals surface area contributed by atoms with Crippen molar-refractivity contribution in [2.75, 3.05) is 61.2 Å². The molecule has 10 nitrogen and oxygen atoms in total. The fourth-order valence-electron chi connectivity index (χ4n) is 2.71. The van der Waals surface area contributed by atoms with Gasteiger partial charge in [-0.3, -0.25) is 0 Å². The number of nitrogens with zero attached hydrogens (tertiary/aromatic N) is 5. The fourth-order valence-corrected chi connectivity index (χ4v) is 2.71. The molecule has 0 saturated heterocycles. The Labute approximate surface area is 169 Å². The van der Waals surface area contributed by atoms with Crippen LogP contribution in [0.5, 0.6) is 0 Å². The van der Waals surface area contributed by atoms with Gasteiger partial charge in [-0.1, -0.05) is 30.3 Å². The minimum absolute atomic E-state index is 0.0294. The molecule has 0 spiro atoms. The molecule has 3 rings (SSSR count). The average molecular weight is 398 g/mol. The Balaban J connectivity index is 2.07. The molecule has 10 heteroatoms. The number of benzene rings is 1. The van der Waals surface area contributed by atoms with Crippen LogP contribution in [0.25, 0.3) is 11.0 Å². The summed E-state index contributed by atoms with van der Waals surface area (Å²) in [6, 6.07) is 9.97. The lowest BCUT2D eigenvalue weighted by Crippen LogP contribution is -2.17. The fraction of sp³-hybridized carbons (Fsp3) is 0.368. The lowest BCUT2D eigenvalue weighted by molar-refractivity contribution is 0.310. The highest BCUT2D eigenvalue weighted by Crippen LogP contribution is 2.28. The second-order valence-electron chi connectivity index (χ2n) is 6.50. The van der Waals surface area contributed by atoms with Gasteiger partial charge in [0.15, 0.2) is 11.6 Å². The third-order valence-corrected chi connectivity index (χ3v) is 4.04. The molecule has 3 aromatic rings. The summed E-state index contributed by atoms with van der Waals surface area (Å²) in [4.78, 5) is 20.0. The molecule has 2 heterocycles. The van der Waals surface area contributed by atoms with E-state index in [-0.39, 0.29) is 13.2 Å². The molecule has 0 aliphatic heterocycles. The SMILES string of the molecule is CN(C)c1nc(NCCO)nc2c(NCc3ccccc3)nc(NCCO)nc12. The van der Waals surface area contributed by atoms with Gasteiger partial charge < -0.3 is 31.1 Å². The zero-order valence-electron chi connectivity index (χ0n) is 16.6. The van der Waals surface area contributed by atoms with Gasteiger partial charge in [0.25, 0.3) is 0 Å². The normalized spacial score (nSPS) is 10.8. The Morgan fingerprint density at radius 3 is 2.03 bits per heavy atom. The highest BCUT2D eigenvalue weighted by Gasteiger charge is 2.17. The van der Waals surface area contributed by atoms with Crippen molar-refractivity contribution in [3.05, 3.63) is 35.9 Å². The Bertz CT molecular complexity index is 936. The summed E-state index contributed by atoms with van der Waals surface area (Å²) in [5.41, 5.74) is 2.25. The summed E-state index contributed by atoms with van der Waals surface area (Å²) >= 11 is 0. The zero-order valence-corrected chi connectivity index (χ0v) is 16.6. The van der Waals surface area contributed by atoms with E-state index in [4.69, 9.17) is 10.2 Å². The number of aromatic nitrogens is 4. The monoisotopic (exact) mass is 398 g/mol. The number of aliphatic hydroxyl groups is 2. The molecule has 0 unspecified atom stereocenters. The van der Waals surface area contributed by atoms with Crippen LogP contribution in [0.15, 0.2) is 30.3 Å². The van der Waals surface area contributed by atoms with Gasteiger partial charge in [-0.15, -0.1) is 0 Å². The van der Waals surface area contributed by atoms with Crippen molar-refractivity contribution in [1.82, 2.24) is 19.9 Å². The van der Waals surface area contributed by atoms with Crippen LogP contribution >= 0.6 is 0 Å². The van der Waals surface area contributed by atoms with E-state index in [1.165, 1.54) is 0 Å². The first kappa shape index (κ1) is 20.5. The number of rotatable bonds is 10. The standard InChI is InChI=1S/C19H26N8O2/c1-27(2)17-15-14(23-19(26-17)21-9-11-29)16(25-18(24-15)20-8-10-28)22-12-13-6-4-3-5-7-13/h3-7,28-29H,8-12H2,1-2H3,(H,21,23,26)(H2,20,22,24,25). The summed E-state index contributed by atoms with van der Waals surface area (Å²) in [5.74, 6) is 1.94. The smallest absolute Gasteiger partial charge is 0.225 e. The van der Waals surface area contributed by atoms with Gasteiger partial charge in [-0.25, -0.2) is 9.97 Å².